The van der Waals surface area contributed by atoms with Gasteiger partial charge in [0, 0.05) is 18.4 Å². The fraction of sp³-hybridized carbons (Fsp3) is 0.231. The van der Waals surface area contributed by atoms with Gasteiger partial charge < -0.3 is 25.7 Å². The first kappa shape index (κ1) is 31.1. The molecule has 256 valence electrons. The summed E-state index contributed by atoms with van der Waals surface area (Å²) in [6.07, 6.45) is 3.59. The number of imidazole rings is 2. The van der Waals surface area contributed by atoms with Gasteiger partial charge in [0.1, 0.15) is 17.7 Å². The SMILES string of the molecule is O=C(O)N[C@H]1CCc2cccc3c2N(C1=O)[C@H](c1ncc(-c2ccc(-c4ccc5cc(-c6cnc([C@@H]7CC(F)(F)CN7)[nH]6)ccc5c4)cc2)[nH]1)C3. The number of H-pyrrole nitrogens is 2. The van der Waals surface area contributed by atoms with Gasteiger partial charge in [-0.3, -0.25) is 9.69 Å². The number of aryl methyl sites for hydroxylation is 1. The van der Waals surface area contributed by atoms with Gasteiger partial charge in [0.2, 0.25) is 5.91 Å². The first-order chi connectivity index (χ1) is 24.7. The average Bonchev–Trinajstić information content (AvgIpc) is 3.93. The summed E-state index contributed by atoms with van der Waals surface area (Å²) in [5.74, 6) is -1.81. The fourth-order valence-electron chi connectivity index (χ4n) is 7.79. The van der Waals surface area contributed by atoms with E-state index in [0.717, 1.165) is 61.2 Å². The lowest BCUT2D eigenvalue weighted by Crippen LogP contribution is -2.48. The Morgan fingerprint density at radius 3 is 2.24 bits per heavy atom. The van der Waals surface area contributed by atoms with Crippen LogP contribution in [0.4, 0.5) is 19.3 Å². The number of alkyl halides is 2. The highest BCUT2D eigenvalue weighted by atomic mass is 19.3. The van der Waals surface area contributed by atoms with Gasteiger partial charge in [0.15, 0.2) is 0 Å². The Morgan fingerprint density at radius 2 is 1.49 bits per heavy atom. The van der Waals surface area contributed by atoms with E-state index in [0.29, 0.717) is 30.9 Å². The third-order valence-electron chi connectivity index (χ3n) is 10.3. The van der Waals surface area contributed by atoms with E-state index in [-0.39, 0.29) is 24.9 Å². The number of aromatic nitrogens is 4. The number of aromatic amines is 2. The zero-order valence-electron chi connectivity index (χ0n) is 27.3. The van der Waals surface area contributed by atoms with Crippen LogP contribution < -0.4 is 15.5 Å². The molecule has 3 aliphatic heterocycles. The molecule has 5 N–H and O–H groups in total. The molecule has 1 fully saturated rings. The number of anilines is 1. The van der Waals surface area contributed by atoms with Crippen LogP contribution in [-0.4, -0.2) is 55.6 Å². The number of carbonyl (C=O) groups excluding carboxylic acids is 1. The van der Waals surface area contributed by atoms with E-state index in [2.05, 4.69) is 68.1 Å². The zero-order valence-corrected chi connectivity index (χ0v) is 27.3. The molecule has 0 unspecified atom stereocenters. The highest BCUT2D eigenvalue weighted by Gasteiger charge is 2.43. The number of hydrogen-bond donors (Lipinski definition) is 5. The number of rotatable bonds is 6. The molecular formula is C39H33F2N7O3. The highest BCUT2D eigenvalue weighted by Crippen LogP contribution is 2.44. The second kappa shape index (κ2) is 11.9. The minimum Gasteiger partial charge on any atom is -0.465 e. The molecule has 0 bridgehead atoms. The van der Waals surface area contributed by atoms with Gasteiger partial charge in [-0.25, -0.2) is 23.5 Å². The smallest absolute Gasteiger partial charge is 0.405 e. The molecule has 0 radical (unpaired) electrons. The summed E-state index contributed by atoms with van der Waals surface area (Å²) in [4.78, 5) is 42.7. The van der Waals surface area contributed by atoms with Gasteiger partial charge >= 0.3 is 6.09 Å². The molecule has 10 nitrogen and oxygen atoms in total. The van der Waals surface area contributed by atoms with Crippen LogP contribution in [0.5, 0.6) is 0 Å². The van der Waals surface area contributed by atoms with Crippen molar-refractivity contribution in [3.8, 4) is 33.6 Å². The number of amides is 2. The molecule has 6 aromatic rings. The predicted molar refractivity (Wildman–Crippen MR) is 188 cm³/mol. The number of nitrogens with zero attached hydrogens (tertiary/aromatic N) is 3. The molecule has 5 heterocycles. The monoisotopic (exact) mass is 685 g/mol. The van der Waals surface area contributed by atoms with Crippen LogP contribution in [0.15, 0.2) is 91.3 Å². The van der Waals surface area contributed by atoms with E-state index in [1.165, 1.54) is 0 Å². The maximum atomic E-state index is 13.7. The molecule has 51 heavy (non-hydrogen) atoms. The molecule has 12 heteroatoms. The molecule has 0 saturated carbocycles. The van der Waals surface area contributed by atoms with E-state index in [1.807, 2.05) is 36.4 Å². The van der Waals surface area contributed by atoms with Gasteiger partial charge in [0.25, 0.3) is 5.92 Å². The van der Waals surface area contributed by atoms with Crippen molar-refractivity contribution in [1.29, 1.82) is 0 Å². The summed E-state index contributed by atoms with van der Waals surface area (Å²) in [5.41, 5.74) is 8.56. The first-order valence-electron chi connectivity index (χ1n) is 17.0. The maximum Gasteiger partial charge on any atom is 0.405 e. The van der Waals surface area contributed by atoms with E-state index in [9.17, 15) is 23.5 Å². The van der Waals surface area contributed by atoms with Crippen LogP contribution in [0.3, 0.4) is 0 Å². The lowest BCUT2D eigenvalue weighted by molar-refractivity contribution is -0.120. The topological polar surface area (TPSA) is 139 Å². The second-order valence-electron chi connectivity index (χ2n) is 13.6. The molecule has 9 rings (SSSR count). The number of nitrogens with one attached hydrogen (secondary N) is 4. The Kier molecular flexibility index (Phi) is 7.25. The molecule has 2 aromatic heterocycles. The standard InChI is InChI=1S/C39H33F2N7O3/c40-39(41)17-30(44-20-39)35-42-19-32(45-35)27-11-10-25-14-24(8-9-26(25)15-27)21-4-6-22(7-5-21)31-18-43-36(46-31)33-16-28-3-1-2-23-12-13-29(47-38(50)51)37(49)48(33)34(23)28/h1-11,14-15,18-19,29-30,33,44,47H,12-13,16-17,20H2,(H,42,45)(H,43,46)(H,50,51)/t29-,30-,33-/m0/s1. The van der Waals surface area contributed by atoms with Crippen molar-refractivity contribution < 1.29 is 23.5 Å². The number of benzene rings is 4. The van der Waals surface area contributed by atoms with E-state index >= 15 is 0 Å². The number of hydrogen-bond acceptors (Lipinski definition) is 5. The third-order valence-corrected chi connectivity index (χ3v) is 10.3. The second-order valence-corrected chi connectivity index (χ2v) is 13.6. The van der Waals surface area contributed by atoms with Crippen LogP contribution in [0.1, 0.15) is 47.7 Å². The van der Waals surface area contributed by atoms with Gasteiger partial charge in [-0.15, -0.1) is 0 Å². The number of halogens is 2. The molecule has 2 amide bonds. The first-order valence-corrected chi connectivity index (χ1v) is 17.0. The van der Waals surface area contributed by atoms with Gasteiger partial charge in [-0.05, 0) is 63.6 Å². The van der Waals surface area contributed by atoms with Crippen molar-refractivity contribution in [3.63, 3.8) is 0 Å². The van der Waals surface area contributed by atoms with E-state index < -0.39 is 24.1 Å². The molecule has 0 spiro atoms. The summed E-state index contributed by atoms with van der Waals surface area (Å²) < 4.78 is 27.4. The van der Waals surface area contributed by atoms with Crippen molar-refractivity contribution in [1.82, 2.24) is 30.6 Å². The molecule has 3 aliphatic rings. The Balaban J connectivity index is 0.931. The Labute approximate surface area is 291 Å². The third kappa shape index (κ3) is 5.61. The summed E-state index contributed by atoms with van der Waals surface area (Å²) in [6, 6.07) is 25.0. The Morgan fingerprint density at radius 1 is 0.843 bits per heavy atom. The van der Waals surface area contributed by atoms with Crippen molar-refractivity contribution in [3.05, 3.63) is 114 Å². The van der Waals surface area contributed by atoms with Crippen molar-refractivity contribution >= 4 is 28.5 Å². The van der Waals surface area contributed by atoms with Gasteiger partial charge in [0.05, 0.1) is 48.1 Å². The summed E-state index contributed by atoms with van der Waals surface area (Å²) in [6.45, 7) is -0.338. The summed E-state index contributed by atoms with van der Waals surface area (Å²) in [7, 11) is 0. The Bertz CT molecular complexity index is 2330. The zero-order chi connectivity index (χ0) is 34.9. The van der Waals surface area contributed by atoms with Gasteiger partial charge in [-0.1, -0.05) is 66.7 Å². The van der Waals surface area contributed by atoms with Crippen molar-refractivity contribution in [2.45, 2.75) is 49.7 Å². The summed E-state index contributed by atoms with van der Waals surface area (Å²) >= 11 is 0. The van der Waals surface area contributed by atoms with Crippen LogP contribution >= 0.6 is 0 Å². The summed E-state index contributed by atoms with van der Waals surface area (Å²) in [5, 5.41) is 16.8. The average molecular weight is 686 g/mol. The van der Waals surface area contributed by atoms with Crippen molar-refractivity contribution in [2.75, 3.05) is 11.4 Å². The lowest BCUT2D eigenvalue weighted by atomic mass is 9.98. The molecular weight excluding hydrogens is 652 g/mol. The number of fused-ring (bicyclic) bond motifs is 1. The molecule has 3 atom stereocenters. The minimum absolute atomic E-state index is 0.262. The largest absolute Gasteiger partial charge is 0.465 e. The normalized spacial score (nSPS) is 20.8. The maximum absolute atomic E-state index is 13.7. The van der Waals surface area contributed by atoms with Crippen LogP contribution in [0, 0.1) is 0 Å². The number of para-hydroxylation sites is 1. The molecule has 4 aromatic carbocycles. The van der Waals surface area contributed by atoms with Crippen molar-refractivity contribution in [2.24, 2.45) is 0 Å². The minimum atomic E-state index is -2.72. The fourth-order valence-corrected chi connectivity index (χ4v) is 7.79. The Hall–Kier alpha value is -5.88. The van der Waals surface area contributed by atoms with Crippen LogP contribution in [-0.2, 0) is 17.6 Å². The quantitative estimate of drug-likeness (QED) is 0.126. The predicted octanol–water partition coefficient (Wildman–Crippen LogP) is 7.17. The van der Waals surface area contributed by atoms with E-state index in [4.69, 9.17) is 4.98 Å². The molecule has 1 saturated heterocycles. The number of carboxylic acid groups (broad SMARTS) is 1. The highest BCUT2D eigenvalue weighted by molar-refractivity contribution is 6.02. The van der Waals surface area contributed by atoms with Gasteiger partial charge in [-0.2, -0.15) is 0 Å². The van der Waals surface area contributed by atoms with Crippen LogP contribution in [0.2, 0.25) is 0 Å². The lowest BCUT2D eigenvalue weighted by Gasteiger charge is -2.27. The number of carbonyl (C=O) groups is 2. The molecule has 0 aliphatic carbocycles. The van der Waals surface area contributed by atoms with Crippen LogP contribution in [0.25, 0.3) is 44.4 Å². The van der Waals surface area contributed by atoms with E-state index in [1.54, 1.807) is 17.3 Å².